The van der Waals surface area contributed by atoms with E-state index in [9.17, 15) is 9.59 Å². The number of benzene rings is 1. The Morgan fingerprint density at radius 1 is 1.28 bits per heavy atom. The number of nitrogen functional groups attached to an aromatic ring is 1. The molecule has 9 heteroatoms. The number of rotatable bonds is 3. The molecule has 4 rings (SSSR count). The minimum Gasteiger partial charge on any atom is -0.383 e. The molecule has 0 bridgehead atoms. The monoisotopic (exact) mass is 396 g/mol. The molecular formula is C20H24N6O3. The van der Waals surface area contributed by atoms with Crippen LogP contribution in [-0.2, 0) is 14.3 Å². The summed E-state index contributed by atoms with van der Waals surface area (Å²) >= 11 is 0. The number of carbonyl (C=O) groups is 2. The average Bonchev–Trinajstić information content (AvgIpc) is 2.70. The minimum absolute atomic E-state index is 0.00580. The van der Waals surface area contributed by atoms with E-state index in [1.165, 1.54) is 0 Å². The molecule has 1 atom stereocenters. The van der Waals surface area contributed by atoms with Crippen molar-refractivity contribution >= 4 is 35.1 Å². The maximum Gasteiger partial charge on any atom is 0.232 e. The summed E-state index contributed by atoms with van der Waals surface area (Å²) in [5.41, 5.74) is 9.38. The molecule has 2 aliphatic heterocycles. The SMILES string of the molecule is Cc1ccc(C)c(NC(=O)[C@@H]2CC(=O)Nc3nc(N4CCOCC4)nc(N)c32)c1. The summed E-state index contributed by atoms with van der Waals surface area (Å²) in [4.78, 5) is 36.2. The summed E-state index contributed by atoms with van der Waals surface area (Å²) in [6.45, 7) is 6.31. The third kappa shape index (κ3) is 3.86. The van der Waals surface area contributed by atoms with Crippen LogP contribution in [0.4, 0.5) is 23.3 Å². The summed E-state index contributed by atoms with van der Waals surface area (Å²) in [5.74, 6) is -0.388. The molecule has 2 aromatic rings. The zero-order valence-electron chi connectivity index (χ0n) is 16.5. The maximum atomic E-state index is 13.0. The van der Waals surface area contributed by atoms with Crippen LogP contribution in [0.2, 0.25) is 0 Å². The highest BCUT2D eigenvalue weighted by atomic mass is 16.5. The molecule has 0 spiro atoms. The molecule has 4 N–H and O–H groups in total. The van der Waals surface area contributed by atoms with Crippen molar-refractivity contribution in [1.82, 2.24) is 9.97 Å². The van der Waals surface area contributed by atoms with Crippen LogP contribution in [0.25, 0.3) is 0 Å². The maximum absolute atomic E-state index is 13.0. The highest BCUT2D eigenvalue weighted by Crippen LogP contribution is 2.36. The Bertz CT molecular complexity index is 971. The Hall–Kier alpha value is -3.20. The van der Waals surface area contributed by atoms with E-state index < -0.39 is 5.92 Å². The van der Waals surface area contributed by atoms with E-state index in [1.54, 1.807) is 0 Å². The number of morpholine rings is 1. The molecule has 29 heavy (non-hydrogen) atoms. The van der Waals surface area contributed by atoms with Crippen LogP contribution in [0.5, 0.6) is 0 Å². The molecule has 0 radical (unpaired) electrons. The molecule has 2 amide bonds. The van der Waals surface area contributed by atoms with Crippen molar-refractivity contribution in [2.24, 2.45) is 0 Å². The molecule has 1 saturated heterocycles. The van der Waals surface area contributed by atoms with Crippen molar-refractivity contribution < 1.29 is 14.3 Å². The number of amides is 2. The van der Waals surface area contributed by atoms with Gasteiger partial charge in [0.05, 0.1) is 24.7 Å². The van der Waals surface area contributed by atoms with Gasteiger partial charge >= 0.3 is 0 Å². The third-order valence-corrected chi connectivity index (χ3v) is 5.22. The molecule has 0 unspecified atom stereocenters. The van der Waals surface area contributed by atoms with Gasteiger partial charge in [0.1, 0.15) is 11.6 Å². The first-order chi connectivity index (χ1) is 13.9. The first-order valence-corrected chi connectivity index (χ1v) is 9.60. The number of fused-ring (bicyclic) bond motifs is 1. The summed E-state index contributed by atoms with van der Waals surface area (Å²) in [6.07, 6.45) is -0.00580. The average molecular weight is 396 g/mol. The number of nitrogens with one attached hydrogen (secondary N) is 2. The van der Waals surface area contributed by atoms with Crippen LogP contribution in [0.1, 0.15) is 29.0 Å². The first-order valence-electron chi connectivity index (χ1n) is 9.60. The predicted molar refractivity (Wildman–Crippen MR) is 110 cm³/mol. The number of hydrogen-bond donors (Lipinski definition) is 3. The van der Waals surface area contributed by atoms with Gasteiger partial charge in [-0.15, -0.1) is 0 Å². The Kier molecular flexibility index (Phi) is 5.06. The molecule has 9 nitrogen and oxygen atoms in total. The van der Waals surface area contributed by atoms with Gasteiger partial charge in [-0.3, -0.25) is 9.59 Å². The van der Waals surface area contributed by atoms with Crippen LogP contribution in [0.15, 0.2) is 18.2 Å². The molecule has 152 valence electrons. The van der Waals surface area contributed by atoms with Gasteiger partial charge in [0.15, 0.2) is 0 Å². The standard InChI is InChI=1S/C20H24N6O3/c1-11-3-4-12(2)14(9-11)22-19(28)13-10-15(27)23-18-16(13)17(21)24-20(25-18)26-5-7-29-8-6-26/h3-4,9,13H,5-8,10H2,1-2H3,(H,22,28)(H3,21,23,24,25,27)/t13-/m1/s1. The molecule has 2 aliphatic rings. The van der Waals surface area contributed by atoms with Gasteiger partial charge in [-0.05, 0) is 31.0 Å². The number of carbonyl (C=O) groups excluding carboxylic acids is 2. The van der Waals surface area contributed by atoms with E-state index in [2.05, 4.69) is 20.6 Å². The molecule has 3 heterocycles. The topological polar surface area (TPSA) is 122 Å². The van der Waals surface area contributed by atoms with Gasteiger partial charge in [-0.2, -0.15) is 9.97 Å². The number of hydrogen-bond acceptors (Lipinski definition) is 7. The number of nitrogens with two attached hydrogens (primary N) is 1. The molecular weight excluding hydrogens is 372 g/mol. The number of ether oxygens (including phenoxy) is 1. The number of nitrogens with zero attached hydrogens (tertiary/aromatic N) is 3. The first kappa shape index (κ1) is 19.1. The quantitative estimate of drug-likeness (QED) is 0.720. The van der Waals surface area contributed by atoms with E-state index in [-0.39, 0.29) is 24.1 Å². The van der Waals surface area contributed by atoms with Crippen molar-refractivity contribution in [1.29, 1.82) is 0 Å². The lowest BCUT2D eigenvalue weighted by Gasteiger charge is -2.30. The van der Waals surface area contributed by atoms with Crippen LogP contribution >= 0.6 is 0 Å². The number of aromatic nitrogens is 2. The second kappa shape index (κ2) is 7.67. The summed E-state index contributed by atoms with van der Waals surface area (Å²) in [5, 5.41) is 5.67. The zero-order valence-corrected chi connectivity index (χ0v) is 16.5. The zero-order chi connectivity index (χ0) is 20.5. The fraction of sp³-hybridized carbons (Fsp3) is 0.400. The van der Waals surface area contributed by atoms with Crippen molar-refractivity contribution in [2.45, 2.75) is 26.2 Å². The molecule has 0 aliphatic carbocycles. The van der Waals surface area contributed by atoms with E-state index in [1.807, 2.05) is 36.9 Å². The fourth-order valence-corrected chi connectivity index (χ4v) is 3.60. The van der Waals surface area contributed by atoms with Crippen molar-refractivity contribution in [2.75, 3.05) is 47.6 Å². The van der Waals surface area contributed by atoms with Crippen LogP contribution < -0.4 is 21.3 Å². The van der Waals surface area contributed by atoms with Crippen molar-refractivity contribution in [3.05, 3.63) is 34.9 Å². The van der Waals surface area contributed by atoms with E-state index >= 15 is 0 Å². The van der Waals surface area contributed by atoms with E-state index in [4.69, 9.17) is 10.5 Å². The second-order valence-corrected chi connectivity index (χ2v) is 7.38. The molecule has 1 aromatic carbocycles. The minimum atomic E-state index is -0.752. The van der Waals surface area contributed by atoms with Crippen LogP contribution in [0, 0.1) is 13.8 Å². The summed E-state index contributed by atoms with van der Waals surface area (Å²) in [6, 6.07) is 5.82. The Labute approximate surface area is 168 Å². The summed E-state index contributed by atoms with van der Waals surface area (Å²) in [7, 11) is 0. The summed E-state index contributed by atoms with van der Waals surface area (Å²) < 4.78 is 5.35. The van der Waals surface area contributed by atoms with Crippen molar-refractivity contribution in [3.8, 4) is 0 Å². The lowest BCUT2D eigenvalue weighted by molar-refractivity contribution is -0.123. The van der Waals surface area contributed by atoms with Gasteiger partial charge in [0.2, 0.25) is 17.8 Å². The van der Waals surface area contributed by atoms with Gasteiger partial charge in [-0.1, -0.05) is 12.1 Å². The van der Waals surface area contributed by atoms with E-state index in [0.29, 0.717) is 49.3 Å². The van der Waals surface area contributed by atoms with Crippen molar-refractivity contribution in [3.63, 3.8) is 0 Å². The largest absolute Gasteiger partial charge is 0.383 e. The fourth-order valence-electron chi connectivity index (χ4n) is 3.60. The van der Waals surface area contributed by atoms with Gasteiger partial charge < -0.3 is 26.0 Å². The number of anilines is 4. The Morgan fingerprint density at radius 2 is 2.03 bits per heavy atom. The predicted octanol–water partition coefficient (Wildman–Crippen LogP) is 1.58. The Morgan fingerprint density at radius 3 is 2.79 bits per heavy atom. The highest BCUT2D eigenvalue weighted by Gasteiger charge is 2.35. The lowest BCUT2D eigenvalue weighted by Crippen LogP contribution is -2.38. The lowest BCUT2D eigenvalue weighted by atomic mass is 9.91. The van der Waals surface area contributed by atoms with Gasteiger partial charge in [0.25, 0.3) is 0 Å². The Balaban J connectivity index is 1.65. The number of aryl methyl sites for hydroxylation is 2. The normalized spacial score (nSPS) is 18.8. The molecule has 1 fully saturated rings. The van der Waals surface area contributed by atoms with Crippen LogP contribution in [0.3, 0.4) is 0 Å². The molecule has 1 aromatic heterocycles. The smallest absolute Gasteiger partial charge is 0.232 e. The van der Waals surface area contributed by atoms with E-state index in [0.717, 1.165) is 11.1 Å². The second-order valence-electron chi connectivity index (χ2n) is 7.38. The van der Waals surface area contributed by atoms with Gasteiger partial charge in [0, 0.05) is 25.2 Å². The van der Waals surface area contributed by atoms with Crippen LogP contribution in [-0.4, -0.2) is 48.1 Å². The molecule has 0 saturated carbocycles. The third-order valence-electron chi connectivity index (χ3n) is 5.22. The highest BCUT2D eigenvalue weighted by molar-refractivity contribution is 6.05. The van der Waals surface area contributed by atoms with Gasteiger partial charge in [-0.25, -0.2) is 0 Å².